The van der Waals surface area contributed by atoms with Gasteiger partial charge in [0.25, 0.3) is 0 Å². The Morgan fingerprint density at radius 1 is 1.35 bits per heavy atom. The number of ether oxygens (including phenoxy) is 2. The normalized spacial score (nSPS) is 21.9. The van der Waals surface area contributed by atoms with E-state index in [0.29, 0.717) is 19.5 Å². The molecule has 128 valence electrons. The zero-order chi connectivity index (χ0) is 17.2. The first-order chi connectivity index (χ1) is 10.7. The number of piperidine rings is 1. The summed E-state index contributed by atoms with van der Waals surface area (Å²) < 4.78 is 10.6. The van der Waals surface area contributed by atoms with E-state index in [2.05, 4.69) is 0 Å². The summed E-state index contributed by atoms with van der Waals surface area (Å²) in [5, 5.41) is 10.5. The summed E-state index contributed by atoms with van der Waals surface area (Å²) in [6, 6.07) is 5.89. The molecule has 1 heterocycles. The fraction of sp³-hybridized carbons (Fsp3) is 0.611. The average Bonchev–Trinajstić information content (AvgIpc) is 2.45. The summed E-state index contributed by atoms with van der Waals surface area (Å²) in [7, 11) is 1.64. The van der Waals surface area contributed by atoms with Crippen molar-refractivity contribution in [2.75, 3.05) is 20.2 Å². The summed E-state index contributed by atoms with van der Waals surface area (Å²) in [6.07, 6.45) is -0.238. The molecule has 23 heavy (non-hydrogen) atoms. The number of carbonyl (C=O) groups is 1. The Kier molecular flexibility index (Phi) is 5.19. The molecule has 1 aliphatic heterocycles. The number of methoxy groups -OCH3 is 1. The van der Waals surface area contributed by atoms with Gasteiger partial charge >= 0.3 is 6.09 Å². The monoisotopic (exact) mass is 321 g/mol. The second kappa shape index (κ2) is 6.79. The van der Waals surface area contributed by atoms with Gasteiger partial charge in [0, 0.05) is 12.5 Å². The zero-order valence-electron chi connectivity index (χ0n) is 14.6. The van der Waals surface area contributed by atoms with E-state index in [1.165, 1.54) is 0 Å². The third kappa shape index (κ3) is 4.38. The summed E-state index contributed by atoms with van der Waals surface area (Å²) in [6.45, 7) is 8.43. The van der Waals surface area contributed by atoms with Crippen LogP contribution in [0.3, 0.4) is 0 Å². The highest BCUT2D eigenvalue weighted by atomic mass is 16.6. The lowest BCUT2D eigenvalue weighted by atomic mass is 9.85. The molecule has 0 unspecified atom stereocenters. The van der Waals surface area contributed by atoms with E-state index in [0.717, 1.165) is 16.9 Å². The molecule has 5 nitrogen and oxygen atoms in total. The molecule has 1 amide bonds. The number of aliphatic hydroxyl groups excluding tert-OH is 1. The van der Waals surface area contributed by atoms with E-state index in [1.54, 1.807) is 12.0 Å². The highest BCUT2D eigenvalue weighted by Crippen LogP contribution is 2.32. The molecule has 1 aromatic carbocycles. The molecule has 0 saturated carbocycles. The van der Waals surface area contributed by atoms with Gasteiger partial charge in [-0.3, -0.25) is 0 Å². The fourth-order valence-electron chi connectivity index (χ4n) is 2.98. The fourth-order valence-corrected chi connectivity index (χ4v) is 2.98. The van der Waals surface area contributed by atoms with Crippen LogP contribution < -0.4 is 4.74 Å². The van der Waals surface area contributed by atoms with E-state index in [9.17, 15) is 9.90 Å². The van der Waals surface area contributed by atoms with Gasteiger partial charge in [-0.05, 0) is 57.4 Å². The van der Waals surface area contributed by atoms with Crippen molar-refractivity contribution in [3.05, 3.63) is 29.3 Å². The smallest absolute Gasteiger partial charge is 0.410 e. The van der Waals surface area contributed by atoms with Gasteiger partial charge in [-0.1, -0.05) is 6.07 Å². The average molecular weight is 321 g/mol. The molecule has 0 spiro atoms. The van der Waals surface area contributed by atoms with Crippen LogP contribution in [0.4, 0.5) is 4.79 Å². The van der Waals surface area contributed by atoms with Crippen molar-refractivity contribution in [3.63, 3.8) is 0 Å². The van der Waals surface area contributed by atoms with Crippen molar-refractivity contribution < 1.29 is 19.4 Å². The van der Waals surface area contributed by atoms with Gasteiger partial charge in [0.2, 0.25) is 0 Å². The van der Waals surface area contributed by atoms with E-state index >= 15 is 0 Å². The minimum Gasteiger partial charge on any atom is -0.497 e. The largest absolute Gasteiger partial charge is 0.497 e. The highest BCUT2D eigenvalue weighted by molar-refractivity contribution is 5.68. The lowest BCUT2D eigenvalue weighted by molar-refractivity contribution is -0.00156. The van der Waals surface area contributed by atoms with Crippen molar-refractivity contribution >= 4 is 6.09 Å². The van der Waals surface area contributed by atoms with Gasteiger partial charge in [0.05, 0.1) is 19.8 Å². The van der Waals surface area contributed by atoms with Crippen LogP contribution in [0.1, 0.15) is 44.2 Å². The van der Waals surface area contributed by atoms with Crippen LogP contribution in [0.2, 0.25) is 0 Å². The van der Waals surface area contributed by atoms with Crippen LogP contribution >= 0.6 is 0 Å². The number of amides is 1. The predicted molar refractivity (Wildman–Crippen MR) is 88.9 cm³/mol. The Labute approximate surface area is 138 Å². The molecule has 1 fully saturated rings. The number of β-amino-alcohol motifs (C(OH)–C–C–N with tert-alkyl or cyclic N) is 1. The van der Waals surface area contributed by atoms with Crippen molar-refractivity contribution in [1.82, 2.24) is 4.90 Å². The lowest BCUT2D eigenvalue weighted by Gasteiger charge is -2.37. The molecule has 2 atom stereocenters. The zero-order valence-corrected chi connectivity index (χ0v) is 14.6. The number of hydrogen-bond acceptors (Lipinski definition) is 4. The summed E-state index contributed by atoms with van der Waals surface area (Å²) in [4.78, 5) is 13.7. The summed E-state index contributed by atoms with van der Waals surface area (Å²) >= 11 is 0. The Hall–Kier alpha value is -1.75. The first kappa shape index (κ1) is 17.6. The van der Waals surface area contributed by atoms with Crippen LogP contribution in [0.25, 0.3) is 0 Å². The second-order valence-electron chi connectivity index (χ2n) is 7.11. The number of aliphatic hydroxyl groups is 1. The third-order valence-corrected chi connectivity index (χ3v) is 4.11. The predicted octanol–water partition coefficient (Wildman–Crippen LogP) is 3.09. The SMILES string of the molecule is COc1ccc([C@@H]2CCN(C(=O)OC(C)(C)C)C[C@@H]2O)c(C)c1. The van der Waals surface area contributed by atoms with E-state index in [4.69, 9.17) is 9.47 Å². The standard InChI is InChI=1S/C18H27NO4/c1-12-10-13(22-5)6-7-14(12)15-8-9-19(11-16(15)20)17(21)23-18(2,3)4/h6-7,10,15-16,20H,8-9,11H2,1-5H3/t15-,16-/m0/s1. The molecule has 0 bridgehead atoms. The molecular formula is C18H27NO4. The third-order valence-electron chi connectivity index (χ3n) is 4.11. The van der Waals surface area contributed by atoms with Gasteiger partial charge in [-0.15, -0.1) is 0 Å². The van der Waals surface area contributed by atoms with E-state index in [1.807, 2.05) is 45.9 Å². The highest BCUT2D eigenvalue weighted by Gasteiger charge is 2.33. The van der Waals surface area contributed by atoms with Crippen LogP contribution in [-0.4, -0.2) is 48.0 Å². The Balaban J connectivity index is 2.06. The molecule has 0 radical (unpaired) electrons. The number of nitrogens with zero attached hydrogens (tertiary/aromatic N) is 1. The molecule has 0 aromatic heterocycles. The van der Waals surface area contributed by atoms with Crippen molar-refractivity contribution in [1.29, 1.82) is 0 Å². The number of carbonyl (C=O) groups excluding carboxylic acids is 1. The Bertz CT molecular complexity index is 565. The molecule has 1 aromatic rings. The number of aryl methyl sites for hydroxylation is 1. The summed E-state index contributed by atoms with van der Waals surface area (Å²) in [5.74, 6) is 0.839. The van der Waals surface area contributed by atoms with Crippen LogP contribution in [0.5, 0.6) is 5.75 Å². The van der Waals surface area contributed by atoms with Crippen molar-refractivity contribution in [2.24, 2.45) is 0 Å². The number of benzene rings is 1. The van der Waals surface area contributed by atoms with Crippen molar-refractivity contribution in [2.45, 2.75) is 51.7 Å². The van der Waals surface area contributed by atoms with Gasteiger partial charge in [-0.25, -0.2) is 4.79 Å². The van der Waals surface area contributed by atoms with E-state index < -0.39 is 11.7 Å². The molecule has 2 rings (SSSR count). The first-order valence-corrected chi connectivity index (χ1v) is 8.02. The quantitative estimate of drug-likeness (QED) is 0.909. The molecule has 1 saturated heterocycles. The van der Waals surface area contributed by atoms with Gasteiger partial charge in [0.15, 0.2) is 0 Å². The number of likely N-dealkylation sites (tertiary alicyclic amines) is 1. The molecule has 0 aliphatic carbocycles. The Morgan fingerprint density at radius 2 is 2.04 bits per heavy atom. The number of hydrogen-bond donors (Lipinski definition) is 1. The van der Waals surface area contributed by atoms with Gasteiger partial charge < -0.3 is 19.5 Å². The maximum atomic E-state index is 12.1. The van der Waals surface area contributed by atoms with Crippen LogP contribution in [0, 0.1) is 6.92 Å². The summed E-state index contributed by atoms with van der Waals surface area (Å²) in [5.41, 5.74) is 1.69. The minimum absolute atomic E-state index is 0.0274. The maximum Gasteiger partial charge on any atom is 0.410 e. The molecule has 1 N–H and O–H groups in total. The molecule has 1 aliphatic rings. The minimum atomic E-state index is -0.594. The topological polar surface area (TPSA) is 59.0 Å². The van der Waals surface area contributed by atoms with E-state index in [-0.39, 0.29) is 12.0 Å². The van der Waals surface area contributed by atoms with Crippen LogP contribution in [-0.2, 0) is 4.74 Å². The Morgan fingerprint density at radius 3 is 2.57 bits per heavy atom. The number of rotatable bonds is 2. The second-order valence-corrected chi connectivity index (χ2v) is 7.11. The van der Waals surface area contributed by atoms with Gasteiger partial charge in [0.1, 0.15) is 11.4 Å². The molecule has 5 heteroatoms. The molecular weight excluding hydrogens is 294 g/mol. The van der Waals surface area contributed by atoms with Crippen LogP contribution in [0.15, 0.2) is 18.2 Å². The van der Waals surface area contributed by atoms with Gasteiger partial charge in [-0.2, -0.15) is 0 Å². The lowest BCUT2D eigenvalue weighted by Crippen LogP contribution is -2.47. The maximum absolute atomic E-state index is 12.1. The first-order valence-electron chi connectivity index (χ1n) is 8.02. The van der Waals surface area contributed by atoms with Crippen molar-refractivity contribution in [3.8, 4) is 5.75 Å².